The van der Waals surface area contributed by atoms with Gasteiger partial charge in [-0.3, -0.25) is 14.9 Å². The number of carbonyl (C=O) groups excluding carboxylic acids is 2. The van der Waals surface area contributed by atoms with E-state index in [0.717, 1.165) is 29.7 Å². The average Bonchev–Trinajstić information content (AvgIpc) is 2.98. The molecule has 2 bridgehead atoms. The lowest BCUT2D eigenvalue weighted by Crippen LogP contribution is -2.44. The van der Waals surface area contributed by atoms with Crippen molar-refractivity contribution >= 4 is 28.3 Å². The van der Waals surface area contributed by atoms with Gasteiger partial charge in [-0.2, -0.15) is 0 Å². The third kappa shape index (κ3) is 2.70. The van der Waals surface area contributed by atoms with Gasteiger partial charge in [0.1, 0.15) is 5.82 Å². The van der Waals surface area contributed by atoms with Crippen LogP contribution in [0.4, 0.5) is 9.52 Å². The number of aromatic nitrogens is 1. The summed E-state index contributed by atoms with van der Waals surface area (Å²) in [4.78, 5) is 28.7. The van der Waals surface area contributed by atoms with Crippen LogP contribution >= 0.6 is 11.3 Å². The Morgan fingerprint density at radius 2 is 1.85 bits per heavy atom. The number of thiazole rings is 1. The molecule has 5 unspecified atom stereocenters. The molecule has 5 nitrogen and oxygen atoms in total. The molecule has 2 N–H and O–H groups in total. The van der Waals surface area contributed by atoms with Crippen molar-refractivity contribution in [3.05, 3.63) is 35.5 Å². The maximum atomic E-state index is 13.0. The van der Waals surface area contributed by atoms with Gasteiger partial charge in [-0.15, -0.1) is 11.3 Å². The fraction of sp³-hybridized carbons (Fsp3) is 0.421. The minimum absolute atomic E-state index is 0.146. The van der Waals surface area contributed by atoms with Crippen molar-refractivity contribution in [1.82, 2.24) is 10.3 Å². The van der Waals surface area contributed by atoms with E-state index in [1.807, 2.05) is 0 Å². The van der Waals surface area contributed by atoms with Crippen molar-refractivity contribution < 1.29 is 14.0 Å². The van der Waals surface area contributed by atoms with Crippen LogP contribution in [0.1, 0.15) is 19.3 Å². The molecule has 0 spiro atoms. The lowest BCUT2D eigenvalue weighted by atomic mass is 9.95. The van der Waals surface area contributed by atoms with E-state index in [1.54, 1.807) is 17.5 Å². The molecule has 0 aliphatic heterocycles. The zero-order valence-electron chi connectivity index (χ0n) is 13.9. The largest absolute Gasteiger partial charge is 0.345 e. The van der Waals surface area contributed by atoms with Gasteiger partial charge in [0.2, 0.25) is 0 Å². The van der Waals surface area contributed by atoms with Gasteiger partial charge in [-0.25, -0.2) is 9.37 Å². The molecule has 3 aliphatic rings. The summed E-state index contributed by atoms with van der Waals surface area (Å²) in [7, 11) is 0. The predicted octanol–water partition coefficient (Wildman–Crippen LogP) is 3.05. The van der Waals surface area contributed by atoms with Gasteiger partial charge in [-0.05, 0) is 67.2 Å². The third-order valence-corrected chi connectivity index (χ3v) is 6.84. The summed E-state index contributed by atoms with van der Waals surface area (Å²) in [6.45, 7) is 0. The van der Waals surface area contributed by atoms with Crippen LogP contribution in [0.15, 0.2) is 29.6 Å². The summed E-state index contributed by atoms with van der Waals surface area (Å²) in [5.41, 5.74) is 1.40. The monoisotopic (exact) mass is 371 g/mol. The smallest absolute Gasteiger partial charge is 0.315 e. The molecule has 2 amide bonds. The number of benzene rings is 1. The van der Waals surface area contributed by atoms with Gasteiger partial charge in [0.15, 0.2) is 5.13 Å². The topological polar surface area (TPSA) is 71.1 Å². The highest BCUT2D eigenvalue weighted by Gasteiger charge is 2.61. The Morgan fingerprint density at radius 3 is 2.58 bits per heavy atom. The van der Waals surface area contributed by atoms with E-state index >= 15 is 0 Å². The summed E-state index contributed by atoms with van der Waals surface area (Å²) in [6, 6.07) is 6.12. The maximum absolute atomic E-state index is 13.0. The molecule has 3 aliphatic carbocycles. The summed E-state index contributed by atoms with van der Waals surface area (Å²) >= 11 is 1.24. The molecule has 3 fully saturated rings. The van der Waals surface area contributed by atoms with Crippen LogP contribution in [-0.2, 0) is 9.59 Å². The Labute approximate surface area is 154 Å². The quantitative estimate of drug-likeness (QED) is 0.815. The number of anilines is 1. The Kier molecular flexibility index (Phi) is 3.60. The SMILES string of the molecule is O=C(Nc1nc(-c2ccc(F)cc2)cs1)C(=O)NC1CC2CC1C1CC21. The highest BCUT2D eigenvalue weighted by atomic mass is 32.1. The molecule has 5 atom stereocenters. The number of halogens is 1. The van der Waals surface area contributed by atoms with Gasteiger partial charge in [0.25, 0.3) is 0 Å². The van der Waals surface area contributed by atoms with Crippen molar-refractivity contribution in [1.29, 1.82) is 0 Å². The minimum Gasteiger partial charge on any atom is -0.345 e. The van der Waals surface area contributed by atoms with Crippen molar-refractivity contribution in [2.24, 2.45) is 23.7 Å². The second-order valence-electron chi connectivity index (χ2n) is 7.54. The van der Waals surface area contributed by atoms with E-state index in [1.165, 1.54) is 36.3 Å². The predicted molar refractivity (Wildman–Crippen MR) is 95.9 cm³/mol. The molecular formula is C19H18FN3O2S. The van der Waals surface area contributed by atoms with Crippen molar-refractivity contribution in [2.75, 3.05) is 5.32 Å². The van der Waals surface area contributed by atoms with Gasteiger partial charge in [-0.1, -0.05) is 0 Å². The fourth-order valence-corrected chi connectivity index (χ4v) is 5.56. The van der Waals surface area contributed by atoms with E-state index < -0.39 is 11.8 Å². The molecule has 3 saturated carbocycles. The summed E-state index contributed by atoms with van der Waals surface area (Å²) in [5.74, 6) is 1.40. The van der Waals surface area contributed by atoms with Gasteiger partial charge < -0.3 is 5.32 Å². The van der Waals surface area contributed by atoms with Crippen LogP contribution in [0.3, 0.4) is 0 Å². The molecular weight excluding hydrogens is 353 g/mol. The van der Waals surface area contributed by atoms with E-state index in [9.17, 15) is 14.0 Å². The molecule has 0 saturated heterocycles. The highest BCUT2D eigenvalue weighted by molar-refractivity contribution is 7.14. The summed E-state index contributed by atoms with van der Waals surface area (Å²) in [6.07, 6.45) is 3.52. The normalized spacial score (nSPS) is 30.7. The van der Waals surface area contributed by atoms with Crippen LogP contribution in [-0.4, -0.2) is 22.8 Å². The van der Waals surface area contributed by atoms with E-state index in [-0.39, 0.29) is 11.9 Å². The Hall–Kier alpha value is -2.28. The van der Waals surface area contributed by atoms with Gasteiger partial charge in [0.05, 0.1) is 5.69 Å². The second-order valence-corrected chi connectivity index (χ2v) is 8.40. The zero-order valence-corrected chi connectivity index (χ0v) is 14.8. The van der Waals surface area contributed by atoms with Crippen LogP contribution in [0.25, 0.3) is 11.3 Å². The van der Waals surface area contributed by atoms with Gasteiger partial charge in [0, 0.05) is 17.0 Å². The first-order valence-electron chi connectivity index (χ1n) is 8.92. The van der Waals surface area contributed by atoms with Crippen molar-refractivity contribution in [2.45, 2.75) is 25.3 Å². The molecule has 134 valence electrons. The Bertz CT molecular complexity index is 881. The van der Waals surface area contributed by atoms with E-state index in [2.05, 4.69) is 15.6 Å². The second kappa shape index (κ2) is 5.87. The zero-order chi connectivity index (χ0) is 17.8. The first-order chi connectivity index (χ1) is 12.6. The number of fused-ring (bicyclic) bond motifs is 5. The number of nitrogens with one attached hydrogen (secondary N) is 2. The standard InChI is InChI=1S/C19H18FN3O2S/c20-11-3-1-9(2-4-11)16-8-26-19(22-16)23-18(25)17(24)21-15-6-10-5-14(15)13-7-12(10)13/h1-4,8,10,12-15H,5-7H2,(H,21,24)(H,22,23,25). The van der Waals surface area contributed by atoms with Gasteiger partial charge >= 0.3 is 11.8 Å². The third-order valence-electron chi connectivity index (χ3n) is 6.08. The van der Waals surface area contributed by atoms with Crippen LogP contribution in [0, 0.1) is 29.5 Å². The fourth-order valence-electron chi connectivity index (χ4n) is 4.84. The molecule has 1 heterocycles. The molecule has 1 aromatic carbocycles. The first kappa shape index (κ1) is 15.9. The molecule has 5 rings (SSSR count). The molecule has 26 heavy (non-hydrogen) atoms. The van der Waals surface area contributed by atoms with Crippen LogP contribution < -0.4 is 10.6 Å². The molecule has 7 heteroatoms. The summed E-state index contributed by atoms with van der Waals surface area (Å²) < 4.78 is 13.0. The first-order valence-corrected chi connectivity index (χ1v) is 9.80. The van der Waals surface area contributed by atoms with E-state index in [4.69, 9.17) is 0 Å². The minimum atomic E-state index is -0.680. The highest BCUT2D eigenvalue weighted by Crippen LogP contribution is 2.65. The maximum Gasteiger partial charge on any atom is 0.315 e. The number of hydrogen-bond acceptors (Lipinski definition) is 4. The summed E-state index contributed by atoms with van der Waals surface area (Å²) in [5, 5.41) is 7.61. The molecule has 0 radical (unpaired) electrons. The van der Waals surface area contributed by atoms with Crippen LogP contribution in [0.2, 0.25) is 0 Å². The van der Waals surface area contributed by atoms with E-state index in [0.29, 0.717) is 16.7 Å². The lowest BCUT2D eigenvalue weighted by molar-refractivity contribution is -0.136. The molecule has 1 aromatic heterocycles. The van der Waals surface area contributed by atoms with Crippen molar-refractivity contribution in [3.63, 3.8) is 0 Å². The number of amides is 2. The Morgan fingerprint density at radius 1 is 1.04 bits per heavy atom. The lowest BCUT2D eigenvalue weighted by Gasteiger charge is -2.22. The van der Waals surface area contributed by atoms with Crippen molar-refractivity contribution in [3.8, 4) is 11.3 Å². The number of rotatable bonds is 3. The number of nitrogens with zero attached hydrogens (tertiary/aromatic N) is 1. The number of carbonyl (C=O) groups is 2. The number of hydrogen-bond donors (Lipinski definition) is 2. The average molecular weight is 371 g/mol. The van der Waals surface area contributed by atoms with Crippen LogP contribution in [0.5, 0.6) is 0 Å². The Balaban J connectivity index is 1.20. The molecule has 2 aromatic rings.